The molecular weight excluding hydrogens is 288 g/mol. The van der Waals surface area contributed by atoms with Gasteiger partial charge in [-0.1, -0.05) is 88.4 Å². The van der Waals surface area contributed by atoms with Crippen molar-refractivity contribution in [1.82, 2.24) is 0 Å². The van der Waals surface area contributed by atoms with Crippen LogP contribution in [0.5, 0.6) is 0 Å². The Hall–Kier alpha value is -2.08. The minimum atomic E-state index is 1.01. The third-order valence-corrected chi connectivity index (χ3v) is 4.61. The first kappa shape index (κ1) is 18.3. The maximum absolute atomic E-state index is 4.27. The number of unbranched alkanes of at least 4 members (excludes halogenated alkanes) is 2. The van der Waals surface area contributed by atoms with Crippen LogP contribution in [-0.4, -0.2) is 0 Å². The molecule has 0 saturated heterocycles. The fraction of sp³-hybridized carbons (Fsp3) is 0.333. The highest BCUT2D eigenvalue weighted by molar-refractivity contribution is 6.02. The van der Waals surface area contributed by atoms with E-state index in [1.807, 2.05) is 0 Å². The number of benzene rings is 2. The van der Waals surface area contributed by atoms with E-state index in [1.165, 1.54) is 36.8 Å². The molecule has 0 fully saturated rings. The molecule has 0 aliphatic carbocycles. The van der Waals surface area contributed by atoms with Crippen LogP contribution in [0.4, 0.5) is 0 Å². The first-order valence-electron chi connectivity index (χ1n) is 9.22. The zero-order valence-electron chi connectivity index (χ0n) is 15.3. The predicted molar refractivity (Wildman–Crippen MR) is 108 cm³/mol. The second-order valence-electron chi connectivity index (χ2n) is 6.56. The van der Waals surface area contributed by atoms with Crippen molar-refractivity contribution in [3.8, 4) is 0 Å². The maximum atomic E-state index is 4.27. The predicted octanol–water partition coefficient (Wildman–Crippen LogP) is 7.10. The zero-order chi connectivity index (χ0) is 17.4. The first-order chi connectivity index (χ1) is 11.7. The van der Waals surface area contributed by atoms with E-state index < -0.39 is 0 Å². The molecule has 0 N–H and O–H groups in total. The minimum Gasteiger partial charge on any atom is -0.0906 e. The van der Waals surface area contributed by atoms with Gasteiger partial charge in [-0.3, -0.25) is 0 Å². The Morgan fingerprint density at radius 1 is 0.625 bits per heavy atom. The summed E-state index contributed by atoms with van der Waals surface area (Å²) in [5, 5.41) is 0. The average molecular weight is 319 g/mol. The molecule has 2 aromatic carbocycles. The lowest BCUT2D eigenvalue weighted by Crippen LogP contribution is -1.91. The summed E-state index contributed by atoms with van der Waals surface area (Å²) in [7, 11) is 0. The van der Waals surface area contributed by atoms with Gasteiger partial charge in [-0.05, 0) is 59.1 Å². The lowest BCUT2D eigenvalue weighted by atomic mass is 9.93. The molecule has 0 heterocycles. The van der Waals surface area contributed by atoms with E-state index in [4.69, 9.17) is 0 Å². The molecule has 0 radical (unpaired) electrons. The molecule has 0 nitrogen and oxygen atoms in total. The minimum absolute atomic E-state index is 1.01. The second kappa shape index (κ2) is 9.27. The summed E-state index contributed by atoms with van der Waals surface area (Å²) in [5.74, 6) is 0. The Bertz CT molecular complexity index is 595. The molecule has 0 aliphatic heterocycles. The van der Waals surface area contributed by atoms with Gasteiger partial charge in [0.05, 0.1) is 0 Å². The molecule has 24 heavy (non-hydrogen) atoms. The van der Waals surface area contributed by atoms with E-state index in [0.29, 0.717) is 0 Å². The van der Waals surface area contributed by atoms with Crippen LogP contribution in [0.2, 0.25) is 0 Å². The number of hydrogen-bond donors (Lipinski definition) is 0. The Kier molecular flexibility index (Phi) is 7.06. The van der Waals surface area contributed by atoms with E-state index in [-0.39, 0.29) is 0 Å². The van der Waals surface area contributed by atoms with E-state index in [0.717, 1.165) is 35.1 Å². The largest absolute Gasteiger partial charge is 0.0906 e. The van der Waals surface area contributed by atoms with Crippen molar-refractivity contribution in [3.05, 3.63) is 83.9 Å². The molecule has 0 aliphatic rings. The van der Waals surface area contributed by atoms with Gasteiger partial charge in [0.2, 0.25) is 0 Å². The number of aryl methyl sites for hydroxylation is 2. The molecule has 0 unspecified atom stereocenters. The Labute approximate surface area is 147 Å². The van der Waals surface area contributed by atoms with Gasteiger partial charge in [-0.25, -0.2) is 0 Å². The van der Waals surface area contributed by atoms with E-state index in [9.17, 15) is 0 Å². The van der Waals surface area contributed by atoms with Gasteiger partial charge in [-0.2, -0.15) is 0 Å². The normalized spacial score (nSPS) is 10.6. The van der Waals surface area contributed by atoms with Crippen molar-refractivity contribution in [2.45, 2.75) is 52.4 Å². The summed E-state index contributed by atoms with van der Waals surface area (Å²) in [6, 6.07) is 17.6. The highest BCUT2D eigenvalue weighted by atomic mass is 14.1. The Morgan fingerprint density at radius 2 is 0.958 bits per heavy atom. The molecule has 0 aromatic heterocycles. The highest BCUT2D eigenvalue weighted by Crippen LogP contribution is 2.28. The molecule has 2 aromatic rings. The summed E-state index contributed by atoms with van der Waals surface area (Å²) in [4.78, 5) is 0. The van der Waals surface area contributed by atoms with Crippen LogP contribution >= 0.6 is 0 Å². The number of rotatable bonds is 9. The average Bonchev–Trinajstić information content (AvgIpc) is 2.64. The first-order valence-corrected chi connectivity index (χ1v) is 9.22. The van der Waals surface area contributed by atoms with Crippen LogP contribution in [-0.2, 0) is 12.8 Å². The molecule has 126 valence electrons. The SMILES string of the molecule is C=C(C(=C)c1ccc(CCCC)cc1)c1ccc(CCCC)cc1. The summed E-state index contributed by atoms with van der Waals surface area (Å²) < 4.78 is 0. The van der Waals surface area contributed by atoms with Gasteiger partial charge in [0.25, 0.3) is 0 Å². The van der Waals surface area contributed by atoms with Gasteiger partial charge in [-0.15, -0.1) is 0 Å². The molecule has 0 bridgehead atoms. The van der Waals surface area contributed by atoms with Crippen molar-refractivity contribution in [2.75, 3.05) is 0 Å². The fourth-order valence-corrected chi connectivity index (χ4v) is 2.86. The van der Waals surface area contributed by atoms with Gasteiger partial charge >= 0.3 is 0 Å². The topological polar surface area (TPSA) is 0 Å². The van der Waals surface area contributed by atoms with E-state index >= 15 is 0 Å². The van der Waals surface area contributed by atoms with Gasteiger partial charge in [0.1, 0.15) is 0 Å². The van der Waals surface area contributed by atoms with Crippen molar-refractivity contribution >= 4 is 11.1 Å². The molecule has 2 rings (SSSR count). The number of allylic oxidation sites excluding steroid dienone is 2. The lowest BCUT2D eigenvalue weighted by molar-refractivity contribution is 0.795. The maximum Gasteiger partial charge on any atom is -0.0183 e. The van der Waals surface area contributed by atoms with Gasteiger partial charge in [0.15, 0.2) is 0 Å². The lowest BCUT2D eigenvalue weighted by Gasteiger charge is -2.12. The van der Waals surface area contributed by atoms with Gasteiger partial charge in [0, 0.05) is 0 Å². The van der Waals surface area contributed by atoms with Crippen LogP contribution in [0, 0.1) is 0 Å². The highest BCUT2D eigenvalue weighted by Gasteiger charge is 2.06. The molecule has 0 spiro atoms. The third-order valence-electron chi connectivity index (χ3n) is 4.61. The standard InChI is InChI=1S/C24H30/c1-5-7-9-21-11-15-23(16-12-21)19(3)20(4)24-17-13-22(14-18-24)10-8-6-2/h11-18H,3-10H2,1-2H3. The van der Waals surface area contributed by atoms with Crippen LogP contribution in [0.15, 0.2) is 61.7 Å². The van der Waals surface area contributed by atoms with Crippen LogP contribution in [0.3, 0.4) is 0 Å². The van der Waals surface area contributed by atoms with Crippen molar-refractivity contribution in [3.63, 3.8) is 0 Å². The fourth-order valence-electron chi connectivity index (χ4n) is 2.86. The quantitative estimate of drug-likeness (QED) is 0.433. The molecule has 0 amide bonds. The van der Waals surface area contributed by atoms with Crippen molar-refractivity contribution in [1.29, 1.82) is 0 Å². The Balaban J connectivity index is 2.04. The summed E-state index contributed by atoms with van der Waals surface area (Å²) in [6.07, 6.45) is 7.28. The van der Waals surface area contributed by atoms with E-state index in [1.54, 1.807) is 0 Å². The molecular formula is C24H30. The smallest absolute Gasteiger partial charge is 0.0183 e. The van der Waals surface area contributed by atoms with Crippen molar-refractivity contribution < 1.29 is 0 Å². The van der Waals surface area contributed by atoms with E-state index in [2.05, 4.69) is 75.5 Å². The van der Waals surface area contributed by atoms with Crippen molar-refractivity contribution in [2.24, 2.45) is 0 Å². The Morgan fingerprint density at radius 3 is 1.25 bits per heavy atom. The number of hydrogen-bond acceptors (Lipinski definition) is 0. The third kappa shape index (κ3) is 4.96. The second-order valence-corrected chi connectivity index (χ2v) is 6.56. The summed E-state index contributed by atoms with van der Waals surface area (Å²) in [6.45, 7) is 13.0. The molecule has 0 saturated carbocycles. The van der Waals surface area contributed by atoms with Crippen LogP contribution in [0.1, 0.15) is 61.8 Å². The monoisotopic (exact) mass is 318 g/mol. The van der Waals surface area contributed by atoms with Crippen LogP contribution in [0.25, 0.3) is 11.1 Å². The zero-order valence-corrected chi connectivity index (χ0v) is 15.3. The molecule has 0 atom stereocenters. The molecule has 0 heteroatoms. The summed E-state index contributed by atoms with van der Waals surface area (Å²) >= 11 is 0. The summed E-state index contributed by atoms with van der Waals surface area (Å²) in [5.41, 5.74) is 7.15. The van der Waals surface area contributed by atoms with Gasteiger partial charge < -0.3 is 0 Å². The van der Waals surface area contributed by atoms with Crippen LogP contribution < -0.4 is 0 Å².